The Kier molecular flexibility index (Phi) is 9.04. The molecule has 1 aromatic heterocycles. The van der Waals surface area contributed by atoms with Crippen molar-refractivity contribution in [2.45, 2.75) is 66.1 Å². The van der Waals surface area contributed by atoms with Gasteiger partial charge < -0.3 is 15.1 Å². The molecule has 0 fully saturated rings. The van der Waals surface area contributed by atoms with Gasteiger partial charge in [0.05, 0.1) is 6.54 Å². The maximum atomic E-state index is 13.3. The van der Waals surface area contributed by atoms with Crippen molar-refractivity contribution in [2.24, 2.45) is 0 Å². The molecule has 0 bridgehead atoms. The average Bonchev–Trinajstić information content (AvgIpc) is 3.09. The third-order valence-electron chi connectivity index (χ3n) is 4.66. The van der Waals surface area contributed by atoms with E-state index in [4.69, 9.17) is 0 Å². The first-order valence-electron chi connectivity index (χ1n) is 10.7. The Morgan fingerprint density at radius 2 is 1.71 bits per heavy atom. The minimum atomic E-state index is -0.382. The van der Waals surface area contributed by atoms with Gasteiger partial charge >= 0.3 is 6.03 Å². The molecule has 0 radical (unpaired) electrons. The molecule has 0 aliphatic carbocycles. The number of hydrogen-bond donors (Lipinski definition) is 1. The number of benzene rings is 1. The van der Waals surface area contributed by atoms with Crippen molar-refractivity contribution in [3.8, 4) is 0 Å². The summed E-state index contributed by atoms with van der Waals surface area (Å²) >= 11 is 1.65. The van der Waals surface area contributed by atoms with E-state index in [9.17, 15) is 14.0 Å². The summed E-state index contributed by atoms with van der Waals surface area (Å²) in [6, 6.07) is 10.0. The molecule has 0 aliphatic rings. The summed E-state index contributed by atoms with van der Waals surface area (Å²) in [4.78, 5) is 31.7. The monoisotopic (exact) mass is 447 g/mol. The third kappa shape index (κ3) is 8.69. The lowest BCUT2D eigenvalue weighted by molar-refractivity contribution is -0.133. The summed E-state index contributed by atoms with van der Waals surface area (Å²) in [6.45, 7) is 11.2. The molecule has 0 unspecified atom stereocenters. The number of urea groups is 1. The largest absolute Gasteiger partial charge is 0.333 e. The summed E-state index contributed by atoms with van der Waals surface area (Å²) in [5.41, 5.74) is 0.467. The molecule has 5 nitrogen and oxygen atoms in total. The lowest BCUT2D eigenvalue weighted by Gasteiger charge is -2.30. The van der Waals surface area contributed by atoms with E-state index >= 15 is 0 Å². The SMILES string of the molecule is CCCCN(CC(=O)N(Cc1ccc(F)cc1)Cc1ccc(C)s1)C(=O)NC(C)(C)C. The molecule has 7 heteroatoms. The van der Waals surface area contributed by atoms with E-state index in [-0.39, 0.29) is 29.8 Å². The number of carbonyl (C=O) groups excluding carboxylic acids is 2. The number of carbonyl (C=O) groups is 2. The highest BCUT2D eigenvalue weighted by Gasteiger charge is 2.24. The zero-order valence-electron chi connectivity index (χ0n) is 19.2. The van der Waals surface area contributed by atoms with E-state index in [0.29, 0.717) is 19.6 Å². The van der Waals surface area contributed by atoms with Gasteiger partial charge in [-0.3, -0.25) is 4.79 Å². The predicted molar refractivity (Wildman–Crippen MR) is 124 cm³/mol. The summed E-state index contributed by atoms with van der Waals surface area (Å²) in [7, 11) is 0. The van der Waals surface area contributed by atoms with Gasteiger partial charge in [-0.1, -0.05) is 25.5 Å². The Hall–Kier alpha value is -2.41. The van der Waals surface area contributed by atoms with Crippen molar-refractivity contribution in [1.82, 2.24) is 15.1 Å². The van der Waals surface area contributed by atoms with Crippen LogP contribution in [0.25, 0.3) is 0 Å². The Morgan fingerprint density at radius 3 is 2.26 bits per heavy atom. The van der Waals surface area contributed by atoms with Crippen molar-refractivity contribution in [2.75, 3.05) is 13.1 Å². The molecule has 0 saturated carbocycles. The van der Waals surface area contributed by atoms with Gasteiger partial charge in [-0.15, -0.1) is 11.3 Å². The molecule has 0 aliphatic heterocycles. The number of unbranched alkanes of at least 4 members (excludes halogenated alkanes) is 1. The Labute approximate surface area is 189 Å². The number of hydrogen-bond acceptors (Lipinski definition) is 3. The highest BCUT2D eigenvalue weighted by Crippen LogP contribution is 2.19. The van der Waals surface area contributed by atoms with Crippen molar-refractivity contribution >= 4 is 23.3 Å². The molecule has 1 aromatic carbocycles. The van der Waals surface area contributed by atoms with Gasteiger partial charge in [0.2, 0.25) is 5.91 Å². The highest BCUT2D eigenvalue weighted by atomic mass is 32.1. The topological polar surface area (TPSA) is 52.7 Å². The molecule has 170 valence electrons. The number of amides is 3. The van der Waals surface area contributed by atoms with Crippen LogP contribution in [0.5, 0.6) is 0 Å². The second kappa shape index (κ2) is 11.3. The van der Waals surface area contributed by atoms with Crippen molar-refractivity contribution < 1.29 is 14.0 Å². The number of thiophene rings is 1. The molecule has 2 rings (SSSR count). The van der Waals surface area contributed by atoms with Gasteiger partial charge in [0, 0.05) is 28.4 Å². The van der Waals surface area contributed by atoms with Gasteiger partial charge in [-0.05, 0) is 63.9 Å². The molecular formula is C24H34FN3O2S. The van der Waals surface area contributed by atoms with Crippen molar-refractivity contribution in [1.29, 1.82) is 0 Å². The first-order valence-corrected chi connectivity index (χ1v) is 11.5. The van der Waals surface area contributed by atoms with Crippen molar-refractivity contribution in [3.05, 3.63) is 57.5 Å². The van der Waals surface area contributed by atoms with Gasteiger partial charge in [-0.25, -0.2) is 9.18 Å². The zero-order valence-corrected chi connectivity index (χ0v) is 20.0. The van der Waals surface area contributed by atoms with Gasteiger partial charge in [0.25, 0.3) is 0 Å². The van der Waals surface area contributed by atoms with E-state index in [1.807, 2.05) is 39.8 Å². The number of nitrogens with zero attached hydrogens (tertiary/aromatic N) is 2. The third-order valence-corrected chi connectivity index (χ3v) is 5.64. The highest BCUT2D eigenvalue weighted by molar-refractivity contribution is 7.11. The van der Waals surface area contributed by atoms with Gasteiger partial charge in [0.15, 0.2) is 0 Å². The van der Waals surface area contributed by atoms with Crippen LogP contribution in [0, 0.1) is 12.7 Å². The second-order valence-corrected chi connectivity index (χ2v) is 10.2. The van der Waals surface area contributed by atoms with Crippen LogP contribution in [-0.2, 0) is 17.9 Å². The smallest absolute Gasteiger partial charge is 0.318 e. The maximum Gasteiger partial charge on any atom is 0.318 e. The Morgan fingerprint density at radius 1 is 1.03 bits per heavy atom. The Bertz CT molecular complexity index is 858. The predicted octanol–water partition coefficient (Wildman–Crippen LogP) is 5.33. The van der Waals surface area contributed by atoms with E-state index in [2.05, 4.69) is 12.2 Å². The minimum absolute atomic E-state index is 0.00741. The lowest BCUT2D eigenvalue weighted by Crippen LogP contribution is -2.51. The van der Waals surface area contributed by atoms with Crippen LogP contribution in [0.3, 0.4) is 0 Å². The molecule has 31 heavy (non-hydrogen) atoms. The summed E-state index contributed by atoms with van der Waals surface area (Å²) in [6.07, 6.45) is 1.76. The number of nitrogens with one attached hydrogen (secondary N) is 1. The molecule has 0 atom stereocenters. The van der Waals surface area contributed by atoms with E-state index in [1.54, 1.807) is 33.3 Å². The quantitative estimate of drug-likeness (QED) is 0.564. The van der Waals surface area contributed by atoms with Crippen molar-refractivity contribution in [3.63, 3.8) is 0 Å². The van der Waals surface area contributed by atoms with E-state index in [1.165, 1.54) is 17.0 Å². The molecule has 1 heterocycles. The normalized spacial score (nSPS) is 11.3. The molecule has 0 spiro atoms. The molecular weight excluding hydrogens is 413 g/mol. The minimum Gasteiger partial charge on any atom is -0.333 e. The lowest BCUT2D eigenvalue weighted by atomic mass is 10.1. The fourth-order valence-corrected chi connectivity index (χ4v) is 3.97. The molecule has 1 N–H and O–H groups in total. The Balaban J connectivity index is 2.19. The summed E-state index contributed by atoms with van der Waals surface area (Å²) in [5, 5.41) is 2.96. The first kappa shape index (κ1) is 24.9. The zero-order chi connectivity index (χ0) is 23.0. The van der Waals surface area contributed by atoms with Crippen LogP contribution in [0.15, 0.2) is 36.4 Å². The standard InChI is InChI=1S/C24H34FN3O2S/c1-6-7-14-27(23(30)26-24(3,4)5)17-22(29)28(16-21-13-8-18(2)31-21)15-19-9-11-20(25)12-10-19/h8-13H,6-7,14-17H2,1-5H3,(H,26,30). The van der Waals surface area contributed by atoms with Crippen LogP contribution < -0.4 is 5.32 Å². The average molecular weight is 448 g/mol. The van der Waals surface area contributed by atoms with Gasteiger partial charge in [0.1, 0.15) is 12.4 Å². The fourth-order valence-electron chi connectivity index (χ4n) is 3.07. The van der Waals surface area contributed by atoms with E-state index in [0.717, 1.165) is 23.3 Å². The summed E-state index contributed by atoms with van der Waals surface area (Å²) in [5.74, 6) is -0.435. The van der Waals surface area contributed by atoms with Gasteiger partial charge in [-0.2, -0.15) is 0 Å². The maximum absolute atomic E-state index is 13.3. The van der Waals surface area contributed by atoms with Crippen LogP contribution in [0.1, 0.15) is 55.9 Å². The van der Waals surface area contributed by atoms with Crippen LogP contribution >= 0.6 is 11.3 Å². The number of aryl methyl sites for hydroxylation is 1. The number of rotatable bonds is 9. The van der Waals surface area contributed by atoms with Crippen LogP contribution in [0.2, 0.25) is 0 Å². The van der Waals surface area contributed by atoms with Crippen LogP contribution in [-0.4, -0.2) is 40.4 Å². The van der Waals surface area contributed by atoms with E-state index < -0.39 is 0 Å². The number of halogens is 1. The second-order valence-electron chi connectivity index (χ2n) is 8.84. The fraction of sp³-hybridized carbons (Fsp3) is 0.500. The molecule has 2 aromatic rings. The molecule has 3 amide bonds. The first-order chi connectivity index (χ1) is 14.6. The molecule has 0 saturated heterocycles. The summed E-state index contributed by atoms with van der Waals surface area (Å²) < 4.78 is 13.3. The van der Waals surface area contributed by atoms with Crippen LogP contribution in [0.4, 0.5) is 9.18 Å².